The van der Waals surface area contributed by atoms with E-state index in [1.54, 1.807) is 13.3 Å². The molecule has 0 bridgehead atoms. The SMILES string of the molecule is COCCNCCc1ncc(-c2ccc(Br)cc2Cl)o1. The van der Waals surface area contributed by atoms with Crippen LogP contribution in [0.4, 0.5) is 0 Å². The van der Waals surface area contributed by atoms with Gasteiger partial charge in [0.05, 0.1) is 17.8 Å². The van der Waals surface area contributed by atoms with Gasteiger partial charge >= 0.3 is 0 Å². The van der Waals surface area contributed by atoms with Crippen LogP contribution in [0.5, 0.6) is 0 Å². The summed E-state index contributed by atoms with van der Waals surface area (Å²) < 4.78 is 11.6. The van der Waals surface area contributed by atoms with E-state index in [9.17, 15) is 0 Å². The van der Waals surface area contributed by atoms with E-state index in [1.807, 2.05) is 18.2 Å². The van der Waals surface area contributed by atoms with Gasteiger partial charge in [0, 0.05) is 36.7 Å². The first kappa shape index (κ1) is 15.5. The molecule has 1 N–H and O–H groups in total. The van der Waals surface area contributed by atoms with Gasteiger partial charge in [-0.05, 0) is 18.2 Å². The fourth-order valence-corrected chi connectivity index (χ4v) is 2.50. The van der Waals surface area contributed by atoms with Crippen molar-refractivity contribution in [3.8, 4) is 11.3 Å². The number of hydrogen-bond acceptors (Lipinski definition) is 4. The maximum absolute atomic E-state index is 6.19. The van der Waals surface area contributed by atoms with Gasteiger partial charge in [-0.2, -0.15) is 0 Å². The summed E-state index contributed by atoms with van der Waals surface area (Å²) in [5, 5.41) is 3.88. The Kier molecular flexibility index (Phi) is 6.04. The maximum atomic E-state index is 6.19. The second-order valence-electron chi connectivity index (χ2n) is 4.24. The number of methoxy groups -OCH3 is 1. The molecule has 0 saturated carbocycles. The minimum Gasteiger partial charge on any atom is -0.441 e. The largest absolute Gasteiger partial charge is 0.441 e. The van der Waals surface area contributed by atoms with Gasteiger partial charge in [0.2, 0.25) is 0 Å². The molecule has 4 nitrogen and oxygen atoms in total. The first-order valence-corrected chi connectivity index (χ1v) is 7.47. The zero-order valence-corrected chi connectivity index (χ0v) is 13.5. The van der Waals surface area contributed by atoms with Crippen LogP contribution in [-0.2, 0) is 11.2 Å². The molecule has 0 saturated heterocycles. The summed E-state index contributed by atoms with van der Waals surface area (Å²) in [6.07, 6.45) is 2.44. The lowest BCUT2D eigenvalue weighted by Gasteiger charge is -2.02. The number of nitrogens with zero attached hydrogens (tertiary/aromatic N) is 1. The minimum absolute atomic E-state index is 0.639. The Morgan fingerprint density at radius 3 is 3.00 bits per heavy atom. The van der Waals surface area contributed by atoms with Crippen molar-refractivity contribution in [1.82, 2.24) is 10.3 Å². The highest BCUT2D eigenvalue weighted by Crippen LogP contribution is 2.30. The van der Waals surface area contributed by atoms with E-state index in [0.717, 1.165) is 29.5 Å². The van der Waals surface area contributed by atoms with E-state index >= 15 is 0 Å². The van der Waals surface area contributed by atoms with Gasteiger partial charge in [0.1, 0.15) is 0 Å². The summed E-state index contributed by atoms with van der Waals surface area (Å²) in [4.78, 5) is 4.27. The van der Waals surface area contributed by atoms with E-state index in [4.69, 9.17) is 20.8 Å². The zero-order valence-electron chi connectivity index (χ0n) is 11.2. The molecule has 0 atom stereocenters. The number of oxazole rings is 1. The van der Waals surface area contributed by atoms with Gasteiger partial charge in [0.15, 0.2) is 11.7 Å². The highest BCUT2D eigenvalue weighted by atomic mass is 79.9. The third kappa shape index (κ3) is 4.31. The predicted molar refractivity (Wildman–Crippen MR) is 83.1 cm³/mol. The van der Waals surface area contributed by atoms with Gasteiger partial charge in [-0.15, -0.1) is 0 Å². The lowest BCUT2D eigenvalue weighted by Crippen LogP contribution is -2.21. The fraction of sp³-hybridized carbons (Fsp3) is 0.357. The highest BCUT2D eigenvalue weighted by Gasteiger charge is 2.10. The van der Waals surface area contributed by atoms with E-state index in [-0.39, 0.29) is 0 Å². The number of ether oxygens (including phenoxy) is 1. The van der Waals surface area contributed by atoms with Crippen LogP contribution in [0, 0.1) is 0 Å². The summed E-state index contributed by atoms with van der Waals surface area (Å²) in [7, 11) is 1.68. The van der Waals surface area contributed by atoms with Crippen LogP contribution < -0.4 is 5.32 Å². The van der Waals surface area contributed by atoms with Crippen molar-refractivity contribution in [2.24, 2.45) is 0 Å². The average molecular weight is 360 g/mol. The molecule has 0 unspecified atom stereocenters. The third-order valence-corrected chi connectivity index (χ3v) is 3.55. The van der Waals surface area contributed by atoms with Gasteiger partial charge in [-0.25, -0.2) is 4.98 Å². The Morgan fingerprint density at radius 2 is 2.25 bits per heavy atom. The molecule has 0 aliphatic carbocycles. The van der Waals surface area contributed by atoms with Gasteiger partial charge < -0.3 is 14.5 Å². The molecule has 2 aromatic rings. The zero-order chi connectivity index (χ0) is 14.4. The normalized spacial score (nSPS) is 10.9. The van der Waals surface area contributed by atoms with Crippen molar-refractivity contribution >= 4 is 27.5 Å². The van der Waals surface area contributed by atoms with Crippen molar-refractivity contribution < 1.29 is 9.15 Å². The molecule has 0 radical (unpaired) electrons. The van der Waals surface area contributed by atoms with Crippen LogP contribution in [0.15, 0.2) is 33.3 Å². The number of halogens is 2. The summed E-state index contributed by atoms with van der Waals surface area (Å²) >= 11 is 9.57. The molecule has 108 valence electrons. The molecule has 0 spiro atoms. The molecule has 0 amide bonds. The second-order valence-corrected chi connectivity index (χ2v) is 5.56. The van der Waals surface area contributed by atoms with Crippen molar-refractivity contribution in [3.63, 3.8) is 0 Å². The quantitative estimate of drug-likeness (QED) is 0.768. The summed E-state index contributed by atoms with van der Waals surface area (Å²) in [5.41, 5.74) is 0.848. The van der Waals surface area contributed by atoms with E-state index in [0.29, 0.717) is 23.3 Å². The molecule has 0 aliphatic rings. The number of hydrogen-bond donors (Lipinski definition) is 1. The lowest BCUT2D eigenvalue weighted by molar-refractivity contribution is 0.199. The van der Waals surface area contributed by atoms with Crippen LogP contribution in [0.1, 0.15) is 5.89 Å². The number of nitrogens with one attached hydrogen (secondary N) is 1. The Bertz CT molecular complexity index is 560. The highest BCUT2D eigenvalue weighted by molar-refractivity contribution is 9.10. The van der Waals surface area contributed by atoms with Crippen molar-refractivity contribution in [3.05, 3.63) is 39.8 Å². The van der Waals surface area contributed by atoms with Crippen LogP contribution in [0.25, 0.3) is 11.3 Å². The molecule has 1 aromatic carbocycles. The Balaban J connectivity index is 1.95. The molecule has 1 aromatic heterocycles. The van der Waals surface area contributed by atoms with Crippen molar-refractivity contribution in [2.75, 3.05) is 26.8 Å². The minimum atomic E-state index is 0.639. The van der Waals surface area contributed by atoms with E-state index in [2.05, 4.69) is 26.2 Å². The topological polar surface area (TPSA) is 47.3 Å². The molecular formula is C14H16BrClN2O2. The maximum Gasteiger partial charge on any atom is 0.196 e. The van der Waals surface area contributed by atoms with Crippen LogP contribution in [0.3, 0.4) is 0 Å². The van der Waals surface area contributed by atoms with Crippen molar-refractivity contribution in [1.29, 1.82) is 0 Å². The standard InChI is InChI=1S/C14H16BrClN2O2/c1-19-7-6-17-5-4-14-18-9-13(20-14)11-3-2-10(15)8-12(11)16/h2-3,8-9,17H,4-7H2,1H3. The molecule has 20 heavy (non-hydrogen) atoms. The second kappa shape index (κ2) is 7.78. The summed E-state index contributed by atoms with van der Waals surface area (Å²) in [6, 6.07) is 5.68. The number of rotatable bonds is 7. The van der Waals surface area contributed by atoms with E-state index < -0.39 is 0 Å². The number of aromatic nitrogens is 1. The lowest BCUT2D eigenvalue weighted by atomic mass is 10.2. The van der Waals surface area contributed by atoms with Crippen LogP contribution >= 0.6 is 27.5 Å². The molecular weight excluding hydrogens is 344 g/mol. The molecule has 1 heterocycles. The smallest absolute Gasteiger partial charge is 0.196 e. The molecule has 0 fully saturated rings. The van der Waals surface area contributed by atoms with Crippen molar-refractivity contribution in [2.45, 2.75) is 6.42 Å². The molecule has 0 aliphatic heterocycles. The molecule has 2 rings (SSSR count). The molecule has 6 heteroatoms. The monoisotopic (exact) mass is 358 g/mol. The van der Waals surface area contributed by atoms with E-state index in [1.165, 1.54) is 0 Å². The first-order chi connectivity index (χ1) is 9.70. The number of benzene rings is 1. The summed E-state index contributed by atoms with van der Waals surface area (Å²) in [5.74, 6) is 1.39. The predicted octanol–water partition coefficient (Wildman–Crippen LogP) is 3.54. The average Bonchev–Trinajstić information content (AvgIpc) is 2.87. The Labute approximate surface area is 131 Å². The van der Waals surface area contributed by atoms with Gasteiger partial charge in [0.25, 0.3) is 0 Å². The Morgan fingerprint density at radius 1 is 1.40 bits per heavy atom. The fourth-order valence-electron chi connectivity index (χ4n) is 1.73. The van der Waals surface area contributed by atoms with Crippen LogP contribution in [-0.4, -0.2) is 31.8 Å². The van der Waals surface area contributed by atoms with Gasteiger partial charge in [-0.1, -0.05) is 27.5 Å². The first-order valence-electron chi connectivity index (χ1n) is 6.30. The van der Waals surface area contributed by atoms with Crippen LogP contribution in [0.2, 0.25) is 5.02 Å². The van der Waals surface area contributed by atoms with Gasteiger partial charge in [-0.3, -0.25) is 0 Å². The Hall–Kier alpha value is -0.880. The third-order valence-electron chi connectivity index (χ3n) is 2.75. The summed E-state index contributed by atoms with van der Waals surface area (Å²) in [6.45, 7) is 2.32.